The van der Waals surface area contributed by atoms with E-state index in [9.17, 15) is 19.2 Å². The maximum Gasteiger partial charge on any atom is 0.414 e. The van der Waals surface area contributed by atoms with Crippen LogP contribution < -0.4 is 10.6 Å². The molecule has 1 heterocycles. The Kier molecular flexibility index (Phi) is 12.0. The molecule has 1 saturated heterocycles. The van der Waals surface area contributed by atoms with Crippen LogP contribution in [0.4, 0.5) is 9.59 Å². The molecule has 2 aliphatic rings. The van der Waals surface area contributed by atoms with Gasteiger partial charge in [0, 0.05) is 17.2 Å². The van der Waals surface area contributed by atoms with Gasteiger partial charge in [0.2, 0.25) is 12.4 Å². The highest BCUT2D eigenvalue weighted by atomic mass is 32.2. The van der Waals surface area contributed by atoms with Crippen molar-refractivity contribution in [3.63, 3.8) is 0 Å². The summed E-state index contributed by atoms with van der Waals surface area (Å²) in [6.45, 7) is 12.2. The van der Waals surface area contributed by atoms with E-state index in [0.29, 0.717) is 19.3 Å². The first-order chi connectivity index (χ1) is 18.1. The standard InChI is InChI=1S/C26H42N4O7S2/c1-9-35-20(32)19(30(8)15-31)17-13-16(21-38-11-10-12-39-21)14-18(17)27-22(28-23(33)36-25(2,3)4)29-24(34)37-26(5,6)7/h15,17-19H,9-14H2,1-8H3,(H2,27,28,29,33,34)/t17-,18-,19?/m1/s1. The molecule has 0 radical (unpaired) electrons. The summed E-state index contributed by atoms with van der Waals surface area (Å²) in [6.07, 6.45) is 1.08. The molecule has 0 aromatic rings. The van der Waals surface area contributed by atoms with Crippen LogP contribution in [0.1, 0.15) is 67.7 Å². The van der Waals surface area contributed by atoms with Crippen molar-refractivity contribution in [1.29, 1.82) is 0 Å². The van der Waals surface area contributed by atoms with Gasteiger partial charge in [0.25, 0.3) is 0 Å². The lowest BCUT2D eigenvalue weighted by Gasteiger charge is -2.30. The zero-order valence-corrected chi connectivity index (χ0v) is 25.8. The Hall–Kier alpha value is -2.41. The number of nitrogens with zero attached hydrogens (tertiary/aromatic N) is 2. The first kappa shape index (κ1) is 32.8. The monoisotopic (exact) mass is 586 g/mol. The summed E-state index contributed by atoms with van der Waals surface area (Å²) in [5.74, 6) is 0.854. The molecule has 13 heteroatoms. The number of nitrogens with one attached hydrogen (secondary N) is 2. The van der Waals surface area contributed by atoms with Crippen LogP contribution in [0.15, 0.2) is 14.8 Å². The number of esters is 1. The van der Waals surface area contributed by atoms with Gasteiger partial charge in [-0.3, -0.25) is 15.4 Å². The fraction of sp³-hybridized carbons (Fsp3) is 0.731. The highest BCUT2D eigenvalue weighted by molar-refractivity contribution is 8.22. The van der Waals surface area contributed by atoms with Crippen molar-refractivity contribution in [2.45, 2.75) is 91.0 Å². The van der Waals surface area contributed by atoms with E-state index in [1.54, 1.807) is 72.0 Å². The van der Waals surface area contributed by atoms with Crippen molar-refractivity contribution < 1.29 is 33.4 Å². The lowest BCUT2D eigenvalue weighted by atomic mass is 9.93. The van der Waals surface area contributed by atoms with Gasteiger partial charge in [0.1, 0.15) is 17.2 Å². The summed E-state index contributed by atoms with van der Waals surface area (Å²) in [5, 5.41) is 5.04. The zero-order chi connectivity index (χ0) is 29.4. The normalized spacial score (nSPS) is 20.4. The Morgan fingerprint density at radius 1 is 1.03 bits per heavy atom. The molecule has 39 heavy (non-hydrogen) atoms. The molecule has 3 atom stereocenters. The first-order valence-corrected chi connectivity index (χ1v) is 15.0. The van der Waals surface area contributed by atoms with Gasteiger partial charge >= 0.3 is 18.2 Å². The molecule has 1 aliphatic heterocycles. The van der Waals surface area contributed by atoms with E-state index in [1.165, 1.54) is 16.2 Å². The number of amides is 3. The molecule has 2 N–H and O–H groups in total. The van der Waals surface area contributed by atoms with Gasteiger partial charge < -0.3 is 19.1 Å². The minimum absolute atomic E-state index is 0.161. The third-order valence-corrected chi connectivity index (χ3v) is 8.34. The van der Waals surface area contributed by atoms with Gasteiger partial charge in [-0.05, 0) is 84.8 Å². The van der Waals surface area contributed by atoms with Crippen molar-refractivity contribution in [2.24, 2.45) is 10.9 Å². The predicted octanol–water partition coefficient (Wildman–Crippen LogP) is 4.27. The fourth-order valence-electron chi connectivity index (χ4n) is 4.17. The lowest BCUT2D eigenvalue weighted by Crippen LogP contribution is -2.49. The molecule has 0 spiro atoms. The van der Waals surface area contributed by atoms with Crippen molar-refractivity contribution in [1.82, 2.24) is 15.5 Å². The minimum atomic E-state index is -0.905. The van der Waals surface area contributed by atoms with Crippen LogP contribution in [0.25, 0.3) is 0 Å². The largest absolute Gasteiger partial charge is 0.464 e. The molecule has 2 rings (SSSR count). The Morgan fingerprint density at radius 3 is 2.03 bits per heavy atom. The minimum Gasteiger partial charge on any atom is -0.464 e. The number of thioether (sulfide) groups is 2. The number of carbonyl (C=O) groups excluding carboxylic acids is 4. The van der Waals surface area contributed by atoms with Crippen LogP contribution in [-0.2, 0) is 23.8 Å². The lowest BCUT2D eigenvalue weighted by molar-refractivity contribution is -0.153. The molecule has 0 bridgehead atoms. The van der Waals surface area contributed by atoms with Gasteiger partial charge in [0.05, 0.1) is 12.6 Å². The molecule has 3 amide bonds. The molecule has 1 aliphatic carbocycles. The van der Waals surface area contributed by atoms with E-state index in [1.807, 2.05) is 0 Å². The molecule has 11 nitrogen and oxygen atoms in total. The van der Waals surface area contributed by atoms with E-state index in [4.69, 9.17) is 19.2 Å². The molecule has 1 saturated carbocycles. The van der Waals surface area contributed by atoms with E-state index in [2.05, 4.69) is 10.6 Å². The van der Waals surface area contributed by atoms with Gasteiger partial charge in [-0.2, -0.15) is 0 Å². The fourth-order valence-corrected chi connectivity index (χ4v) is 6.88. The number of likely N-dealkylation sites (N-methyl/N-ethyl adjacent to an activating group) is 1. The maximum atomic E-state index is 13.0. The summed E-state index contributed by atoms with van der Waals surface area (Å²) in [4.78, 5) is 56.1. The van der Waals surface area contributed by atoms with Crippen molar-refractivity contribution >= 4 is 54.0 Å². The molecular weight excluding hydrogens is 544 g/mol. The second-order valence-corrected chi connectivity index (χ2v) is 13.7. The SMILES string of the molecule is CCOC(=O)C([C@@H]1CC(=C2SCCCS2)C[C@H]1N=C(NC(=O)OC(C)(C)C)NC(=O)OC(C)(C)C)N(C)C=O. The number of hydrogen-bond donors (Lipinski definition) is 2. The van der Waals surface area contributed by atoms with E-state index in [-0.39, 0.29) is 12.6 Å². The van der Waals surface area contributed by atoms with Crippen molar-refractivity contribution in [3.8, 4) is 0 Å². The molecule has 220 valence electrons. The zero-order valence-electron chi connectivity index (χ0n) is 24.1. The number of guanidine groups is 1. The summed E-state index contributed by atoms with van der Waals surface area (Å²) in [6, 6.07) is -1.47. The number of ether oxygens (including phenoxy) is 3. The number of carbonyl (C=O) groups is 4. The van der Waals surface area contributed by atoms with Gasteiger partial charge in [-0.15, -0.1) is 23.5 Å². The van der Waals surface area contributed by atoms with Crippen LogP contribution in [0.2, 0.25) is 0 Å². The van der Waals surface area contributed by atoms with Gasteiger partial charge in [-0.25, -0.2) is 19.4 Å². The van der Waals surface area contributed by atoms with Gasteiger partial charge in [0.15, 0.2) is 0 Å². The Balaban J connectivity index is 2.51. The molecular formula is C26H42N4O7S2. The summed E-state index contributed by atoms with van der Waals surface area (Å²) in [7, 11) is 1.53. The number of alkyl carbamates (subject to hydrolysis) is 2. The smallest absolute Gasteiger partial charge is 0.414 e. The number of aliphatic imine (C=N–C) groups is 1. The average molecular weight is 587 g/mol. The average Bonchev–Trinajstić information content (AvgIpc) is 3.20. The Labute approximate surface area is 239 Å². The molecule has 0 aromatic heterocycles. The molecule has 2 fully saturated rings. The highest BCUT2D eigenvalue weighted by Gasteiger charge is 2.44. The van der Waals surface area contributed by atoms with Crippen LogP contribution in [0.3, 0.4) is 0 Å². The van der Waals surface area contributed by atoms with Crippen LogP contribution in [0, 0.1) is 5.92 Å². The topological polar surface area (TPSA) is 136 Å². The molecule has 1 unspecified atom stereocenters. The molecule has 0 aromatic carbocycles. The van der Waals surface area contributed by atoms with E-state index in [0.717, 1.165) is 23.5 Å². The summed E-state index contributed by atoms with van der Waals surface area (Å²) < 4.78 is 17.2. The third-order valence-electron chi connectivity index (χ3n) is 5.55. The Bertz CT molecular complexity index is 932. The number of rotatable bonds is 6. The number of hydrogen-bond acceptors (Lipinski definition) is 10. The summed E-state index contributed by atoms with van der Waals surface area (Å²) >= 11 is 3.55. The Morgan fingerprint density at radius 2 is 1.56 bits per heavy atom. The second-order valence-electron chi connectivity index (χ2n) is 11.3. The maximum absolute atomic E-state index is 13.0. The van der Waals surface area contributed by atoms with E-state index < -0.39 is 47.4 Å². The predicted molar refractivity (Wildman–Crippen MR) is 153 cm³/mol. The van der Waals surface area contributed by atoms with Crippen LogP contribution in [0.5, 0.6) is 0 Å². The third kappa shape index (κ3) is 10.9. The first-order valence-electron chi connectivity index (χ1n) is 13.0. The quantitative estimate of drug-likeness (QED) is 0.154. The van der Waals surface area contributed by atoms with Crippen LogP contribution >= 0.6 is 23.5 Å². The summed E-state index contributed by atoms with van der Waals surface area (Å²) in [5.41, 5.74) is -0.442. The van der Waals surface area contributed by atoms with E-state index >= 15 is 0 Å². The van der Waals surface area contributed by atoms with Gasteiger partial charge in [-0.1, -0.05) is 0 Å². The van der Waals surface area contributed by atoms with Crippen molar-refractivity contribution in [2.75, 3.05) is 25.2 Å². The highest BCUT2D eigenvalue weighted by Crippen LogP contribution is 2.46. The second kappa shape index (κ2) is 14.3. The van der Waals surface area contributed by atoms with Crippen LogP contribution in [-0.4, -0.2) is 83.9 Å². The van der Waals surface area contributed by atoms with Crippen molar-refractivity contribution in [3.05, 3.63) is 9.81 Å².